The standard InChI is InChI=1S/C11H23NO/c1-10(2)8-6-5-7-9-11(13)12(3)4/h10H,5-9H2,1-4H3. The molecule has 78 valence electrons. The van der Waals surface area contributed by atoms with Gasteiger partial charge >= 0.3 is 0 Å². The number of carbonyl (C=O) groups is 1. The molecule has 2 heteroatoms. The highest BCUT2D eigenvalue weighted by molar-refractivity contribution is 5.75. The van der Waals surface area contributed by atoms with Crippen molar-refractivity contribution < 1.29 is 4.79 Å². The van der Waals surface area contributed by atoms with Crippen molar-refractivity contribution >= 4 is 5.91 Å². The fraction of sp³-hybridized carbons (Fsp3) is 0.909. The minimum Gasteiger partial charge on any atom is -0.349 e. The summed E-state index contributed by atoms with van der Waals surface area (Å²) in [4.78, 5) is 12.8. The lowest BCUT2D eigenvalue weighted by Crippen LogP contribution is -2.20. The number of hydrogen-bond acceptors (Lipinski definition) is 1. The fourth-order valence-corrected chi connectivity index (χ4v) is 1.23. The van der Waals surface area contributed by atoms with Gasteiger partial charge in [0.2, 0.25) is 5.91 Å². The zero-order chi connectivity index (χ0) is 10.3. The third-order valence-electron chi connectivity index (χ3n) is 2.17. The van der Waals surface area contributed by atoms with E-state index in [2.05, 4.69) is 13.8 Å². The van der Waals surface area contributed by atoms with Crippen molar-refractivity contribution in [3.05, 3.63) is 0 Å². The Morgan fingerprint density at radius 3 is 2.23 bits per heavy atom. The Morgan fingerprint density at radius 1 is 1.15 bits per heavy atom. The summed E-state index contributed by atoms with van der Waals surface area (Å²) in [5, 5.41) is 0. The highest BCUT2D eigenvalue weighted by atomic mass is 16.2. The van der Waals surface area contributed by atoms with Crippen LogP contribution in [0.3, 0.4) is 0 Å². The highest BCUT2D eigenvalue weighted by Crippen LogP contribution is 2.09. The molecule has 0 fully saturated rings. The zero-order valence-electron chi connectivity index (χ0n) is 9.47. The van der Waals surface area contributed by atoms with Crippen molar-refractivity contribution in [2.24, 2.45) is 5.92 Å². The van der Waals surface area contributed by atoms with Crippen LogP contribution in [0.15, 0.2) is 0 Å². The number of amides is 1. The van der Waals surface area contributed by atoms with Gasteiger partial charge in [0.15, 0.2) is 0 Å². The monoisotopic (exact) mass is 185 g/mol. The van der Waals surface area contributed by atoms with Crippen molar-refractivity contribution in [3.8, 4) is 0 Å². The first-order valence-corrected chi connectivity index (χ1v) is 5.24. The maximum absolute atomic E-state index is 11.2. The van der Waals surface area contributed by atoms with E-state index in [-0.39, 0.29) is 5.91 Å². The zero-order valence-corrected chi connectivity index (χ0v) is 9.47. The summed E-state index contributed by atoms with van der Waals surface area (Å²) in [5.74, 6) is 1.05. The molecule has 0 aromatic heterocycles. The van der Waals surface area contributed by atoms with Crippen LogP contribution in [0.4, 0.5) is 0 Å². The van der Waals surface area contributed by atoms with Crippen LogP contribution in [0.2, 0.25) is 0 Å². The Bertz CT molecular complexity index is 141. The quantitative estimate of drug-likeness (QED) is 0.583. The van der Waals surface area contributed by atoms with Crippen molar-refractivity contribution in [1.82, 2.24) is 4.90 Å². The number of hydrogen-bond donors (Lipinski definition) is 0. The molecular weight excluding hydrogens is 162 g/mol. The Morgan fingerprint density at radius 2 is 1.77 bits per heavy atom. The maximum Gasteiger partial charge on any atom is 0.222 e. The summed E-state index contributed by atoms with van der Waals surface area (Å²) in [6.07, 6.45) is 5.50. The van der Waals surface area contributed by atoms with Gasteiger partial charge in [0, 0.05) is 20.5 Å². The second-order valence-electron chi connectivity index (χ2n) is 4.28. The molecule has 0 heterocycles. The molecule has 0 aliphatic heterocycles. The first-order valence-electron chi connectivity index (χ1n) is 5.24. The van der Waals surface area contributed by atoms with E-state index < -0.39 is 0 Å². The van der Waals surface area contributed by atoms with Crippen molar-refractivity contribution in [1.29, 1.82) is 0 Å². The lowest BCUT2D eigenvalue weighted by molar-refractivity contribution is -0.128. The Hall–Kier alpha value is -0.530. The second kappa shape index (κ2) is 6.93. The van der Waals surface area contributed by atoms with E-state index >= 15 is 0 Å². The SMILES string of the molecule is CC(C)CCCCCC(=O)N(C)C. The van der Waals surface area contributed by atoms with Crippen LogP contribution in [0, 0.1) is 5.92 Å². The Labute approximate surface area is 82.3 Å². The average Bonchev–Trinajstić information content (AvgIpc) is 2.02. The van der Waals surface area contributed by atoms with Gasteiger partial charge in [-0.1, -0.05) is 33.1 Å². The third kappa shape index (κ3) is 7.82. The molecule has 0 atom stereocenters. The van der Waals surface area contributed by atoms with Crippen molar-refractivity contribution in [2.45, 2.75) is 46.0 Å². The first-order chi connectivity index (χ1) is 6.04. The molecule has 0 unspecified atom stereocenters. The molecule has 0 aliphatic rings. The molecule has 0 saturated heterocycles. The normalized spacial score (nSPS) is 10.5. The topological polar surface area (TPSA) is 20.3 Å². The van der Waals surface area contributed by atoms with Gasteiger partial charge in [-0.05, 0) is 12.3 Å². The van der Waals surface area contributed by atoms with Gasteiger partial charge in [0.05, 0.1) is 0 Å². The summed E-state index contributed by atoms with van der Waals surface area (Å²) in [5.41, 5.74) is 0. The summed E-state index contributed by atoms with van der Waals surface area (Å²) >= 11 is 0. The molecule has 1 amide bonds. The molecule has 0 N–H and O–H groups in total. The largest absolute Gasteiger partial charge is 0.349 e. The van der Waals surface area contributed by atoms with Crippen LogP contribution >= 0.6 is 0 Å². The summed E-state index contributed by atoms with van der Waals surface area (Å²) < 4.78 is 0. The van der Waals surface area contributed by atoms with Crippen LogP contribution in [0.25, 0.3) is 0 Å². The van der Waals surface area contributed by atoms with Crippen molar-refractivity contribution in [2.75, 3.05) is 14.1 Å². The molecule has 0 bridgehead atoms. The van der Waals surface area contributed by atoms with Gasteiger partial charge in [-0.2, -0.15) is 0 Å². The van der Waals surface area contributed by atoms with Crippen LogP contribution in [0.1, 0.15) is 46.0 Å². The summed E-state index contributed by atoms with van der Waals surface area (Å²) in [6.45, 7) is 4.48. The second-order valence-corrected chi connectivity index (χ2v) is 4.28. The summed E-state index contributed by atoms with van der Waals surface area (Å²) in [6, 6.07) is 0. The fourth-order valence-electron chi connectivity index (χ4n) is 1.23. The van der Waals surface area contributed by atoms with Crippen LogP contribution in [-0.2, 0) is 4.79 Å². The van der Waals surface area contributed by atoms with E-state index in [1.54, 1.807) is 4.90 Å². The molecule has 0 aliphatic carbocycles. The van der Waals surface area contributed by atoms with E-state index in [0.717, 1.165) is 12.3 Å². The molecule has 0 spiro atoms. The Balaban J connectivity index is 3.21. The van der Waals surface area contributed by atoms with E-state index in [0.29, 0.717) is 6.42 Å². The molecular formula is C11H23NO. The maximum atomic E-state index is 11.2. The van der Waals surface area contributed by atoms with Gasteiger partial charge in [-0.3, -0.25) is 4.79 Å². The number of nitrogens with zero attached hydrogens (tertiary/aromatic N) is 1. The molecule has 0 aromatic carbocycles. The van der Waals surface area contributed by atoms with Crippen LogP contribution in [0.5, 0.6) is 0 Å². The number of rotatable bonds is 6. The predicted octanol–water partition coefficient (Wildman–Crippen LogP) is 2.68. The first kappa shape index (κ1) is 12.5. The average molecular weight is 185 g/mol. The van der Waals surface area contributed by atoms with Crippen molar-refractivity contribution in [3.63, 3.8) is 0 Å². The highest BCUT2D eigenvalue weighted by Gasteiger charge is 2.02. The van der Waals surface area contributed by atoms with Gasteiger partial charge in [-0.25, -0.2) is 0 Å². The van der Waals surface area contributed by atoms with E-state index in [4.69, 9.17) is 0 Å². The molecule has 0 saturated carbocycles. The number of carbonyl (C=O) groups excluding carboxylic acids is 1. The van der Waals surface area contributed by atoms with E-state index in [9.17, 15) is 4.79 Å². The lowest BCUT2D eigenvalue weighted by Gasteiger charge is -2.09. The van der Waals surface area contributed by atoms with Gasteiger partial charge in [0.25, 0.3) is 0 Å². The molecule has 2 nitrogen and oxygen atoms in total. The third-order valence-corrected chi connectivity index (χ3v) is 2.17. The molecule has 0 radical (unpaired) electrons. The minimum absolute atomic E-state index is 0.254. The van der Waals surface area contributed by atoms with Crippen LogP contribution in [-0.4, -0.2) is 24.9 Å². The Kier molecular flexibility index (Phi) is 6.65. The lowest BCUT2D eigenvalue weighted by atomic mass is 10.0. The van der Waals surface area contributed by atoms with Gasteiger partial charge in [0.1, 0.15) is 0 Å². The van der Waals surface area contributed by atoms with E-state index in [1.807, 2.05) is 14.1 Å². The summed E-state index contributed by atoms with van der Waals surface area (Å²) in [7, 11) is 3.63. The molecule has 0 rings (SSSR count). The predicted molar refractivity (Wildman–Crippen MR) is 56.6 cm³/mol. The minimum atomic E-state index is 0.254. The molecule has 13 heavy (non-hydrogen) atoms. The molecule has 0 aromatic rings. The number of unbranched alkanes of at least 4 members (excludes halogenated alkanes) is 2. The smallest absolute Gasteiger partial charge is 0.222 e. The van der Waals surface area contributed by atoms with Gasteiger partial charge in [-0.15, -0.1) is 0 Å². The van der Waals surface area contributed by atoms with Gasteiger partial charge < -0.3 is 4.90 Å². The van der Waals surface area contributed by atoms with Crippen LogP contribution < -0.4 is 0 Å². The van der Waals surface area contributed by atoms with E-state index in [1.165, 1.54) is 19.3 Å².